The average Bonchev–Trinajstić information content (AvgIpc) is 1.25. The third-order valence-corrected chi connectivity index (χ3v) is 1.60. The maximum absolute atomic E-state index is 11.5. The van der Waals surface area contributed by atoms with Crippen molar-refractivity contribution in [2.24, 2.45) is 0 Å². The van der Waals surface area contributed by atoms with Crippen molar-refractivity contribution in [1.82, 2.24) is 0 Å². The van der Waals surface area contributed by atoms with E-state index in [-0.39, 0.29) is 6.92 Å². The first-order valence-electron chi connectivity index (χ1n) is 1.71. The van der Waals surface area contributed by atoms with E-state index in [2.05, 4.69) is 0 Å². The Labute approximate surface area is 44.5 Å². The zero-order chi connectivity index (χ0) is 7.00. The highest BCUT2D eigenvalue weighted by Gasteiger charge is 2.49. The van der Waals surface area contributed by atoms with Crippen LogP contribution in [0.5, 0.6) is 0 Å². The Morgan fingerprint density at radius 3 is 1.88 bits per heavy atom. The van der Waals surface area contributed by atoms with Crippen LogP contribution in [0.25, 0.3) is 0 Å². The number of rotatable bonds is 1. The van der Waals surface area contributed by atoms with E-state index in [0.717, 1.165) is 0 Å². The summed E-state index contributed by atoms with van der Waals surface area (Å²) in [6.07, 6.45) is 0. The van der Waals surface area contributed by atoms with Gasteiger partial charge in [-0.3, -0.25) is 4.89 Å². The minimum atomic E-state index is -4.93. The Balaban J connectivity index is 4.26. The first kappa shape index (κ1) is 8.01. The van der Waals surface area contributed by atoms with Crippen molar-refractivity contribution in [1.29, 1.82) is 0 Å². The molecule has 6 heteroatoms. The average molecular weight is 147 g/mol. The Hall–Kier alpha value is 0.01000. The second kappa shape index (κ2) is 1.76. The highest BCUT2D eigenvalue weighted by atomic mass is 31.2. The first-order valence-corrected chi connectivity index (χ1v) is 3.37. The van der Waals surface area contributed by atoms with E-state index in [4.69, 9.17) is 9.79 Å². The Morgan fingerprint density at radius 1 is 1.75 bits per heavy atom. The molecule has 0 bridgehead atoms. The number of alkyl halides is 2. The summed E-state index contributed by atoms with van der Waals surface area (Å²) in [4.78, 5) is 13.8. The topological polar surface area (TPSA) is 60.2 Å². The van der Waals surface area contributed by atoms with E-state index >= 15 is 0 Å². The summed E-state index contributed by atoms with van der Waals surface area (Å²) >= 11 is 0. The van der Waals surface area contributed by atoms with Crippen LogP contribution in [-0.2, 0) is 4.57 Å². The minimum Gasteiger partial charge on any atom is -0.387 e. The van der Waals surface area contributed by atoms with Gasteiger partial charge < -0.3 is 4.89 Å². The quantitative estimate of drug-likeness (QED) is 0.433. The van der Waals surface area contributed by atoms with Crippen molar-refractivity contribution < 1.29 is 23.1 Å². The molecule has 0 aromatic rings. The monoisotopic (exact) mass is 147 g/mol. The molecular formula is C2H6F2O3P+. The van der Waals surface area contributed by atoms with Crippen LogP contribution in [0.4, 0.5) is 8.78 Å². The summed E-state index contributed by atoms with van der Waals surface area (Å²) in [5, 5.41) is 0. The molecule has 8 heavy (non-hydrogen) atoms. The lowest BCUT2D eigenvalue weighted by Crippen LogP contribution is -2.08. The van der Waals surface area contributed by atoms with Crippen LogP contribution >= 0.6 is 7.60 Å². The van der Waals surface area contributed by atoms with Gasteiger partial charge in [0.1, 0.15) is 0 Å². The van der Waals surface area contributed by atoms with Crippen LogP contribution in [0.1, 0.15) is 6.92 Å². The van der Waals surface area contributed by atoms with Gasteiger partial charge in [-0.05, 0) is 0 Å². The molecule has 0 heterocycles. The SMILES string of the molecule is CC(F)(F)P(=O)(O)[OH2+]. The molecule has 0 radical (unpaired) electrons. The maximum atomic E-state index is 11.5. The van der Waals surface area contributed by atoms with E-state index < -0.39 is 13.3 Å². The summed E-state index contributed by atoms with van der Waals surface area (Å²) < 4.78 is 32.8. The van der Waals surface area contributed by atoms with Gasteiger partial charge in [0.2, 0.25) is 0 Å². The third kappa shape index (κ3) is 1.86. The van der Waals surface area contributed by atoms with Crippen molar-refractivity contribution in [3.05, 3.63) is 0 Å². The fraction of sp³-hybridized carbons (Fsp3) is 1.00. The molecule has 3 nitrogen and oxygen atoms in total. The van der Waals surface area contributed by atoms with Gasteiger partial charge in [-0.15, -0.1) is 0 Å². The Kier molecular flexibility index (Phi) is 1.76. The van der Waals surface area contributed by atoms with Crippen LogP contribution < -0.4 is 0 Å². The first-order chi connectivity index (χ1) is 3.25. The molecule has 0 aliphatic heterocycles. The normalized spacial score (nSPS) is 20.1. The van der Waals surface area contributed by atoms with E-state index in [1.165, 1.54) is 0 Å². The van der Waals surface area contributed by atoms with Crippen molar-refractivity contribution >= 4 is 7.60 Å². The van der Waals surface area contributed by atoms with E-state index in [1.807, 2.05) is 0 Å². The fourth-order valence-electron chi connectivity index (χ4n) is 0. The van der Waals surface area contributed by atoms with Crippen LogP contribution in [0, 0.1) is 0 Å². The Morgan fingerprint density at radius 2 is 1.88 bits per heavy atom. The van der Waals surface area contributed by atoms with Gasteiger partial charge in [0.15, 0.2) is 0 Å². The van der Waals surface area contributed by atoms with Crippen molar-refractivity contribution in [3.8, 4) is 0 Å². The molecule has 0 aliphatic carbocycles. The molecule has 0 saturated carbocycles. The van der Waals surface area contributed by atoms with Crippen molar-refractivity contribution in [2.45, 2.75) is 12.6 Å². The summed E-state index contributed by atoms with van der Waals surface area (Å²) in [5.74, 6) is 0. The smallest absolute Gasteiger partial charge is 0.387 e. The summed E-state index contributed by atoms with van der Waals surface area (Å²) in [6.45, 7) is 0.237. The third-order valence-electron chi connectivity index (χ3n) is 0.532. The molecule has 1 unspecified atom stereocenters. The largest absolute Gasteiger partial charge is 0.539 e. The standard InChI is InChI=1S/C2H5F2O3P/c1-2(3,4)8(5,6)7/h1H3,(H2,5,6,7)/p+1. The second-order valence-electron chi connectivity index (χ2n) is 1.42. The van der Waals surface area contributed by atoms with Gasteiger partial charge in [-0.2, -0.15) is 8.78 Å². The summed E-state index contributed by atoms with van der Waals surface area (Å²) in [6, 6.07) is 0. The highest BCUT2D eigenvalue weighted by molar-refractivity contribution is 7.53. The molecule has 50 valence electrons. The van der Waals surface area contributed by atoms with Crippen LogP contribution in [0.2, 0.25) is 0 Å². The lowest BCUT2D eigenvalue weighted by molar-refractivity contribution is 0.0786. The molecule has 3 N–H and O–H groups in total. The molecular weight excluding hydrogens is 141 g/mol. The second-order valence-corrected chi connectivity index (χ2v) is 3.36. The van der Waals surface area contributed by atoms with E-state index in [1.54, 1.807) is 0 Å². The zero-order valence-corrected chi connectivity index (χ0v) is 4.95. The van der Waals surface area contributed by atoms with Gasteiger partial charge >= 0.3 is 13.3 Å². The van der Waals surface area contributed by atoms with Gasteiger partial charge in [0.05, 0.1) is 0 Å². The van der Waals surface area contributed by atoms with Crippen LogP contribution in [0.3, 0.4) is 0 Å². The molecule has 0 aromatic carbocycles. The molecule has 0 aromatic heterocycles. The predicted octanol–water partition coefficient (Wildman–Crippen LogP) is 0.509. The molecule has 1 atom stereocenters. The molecule has 0 rings (SSSR count). The molecule has 0 amide bonds. The lowest BCUT2D eigenvalue weighted by Gasteiger charge is -2.04. The molecule has 0 fully saturated rings. The van der Waals surface area contributed by atoms with Crippen molar-refractivity contribution in [3.63, 3.8) is 0 Å². The van der Waals surface area contributed by atoms with Gasteiger partial charge in [-0.1, -0.05) is 0 Å². The van der Waals surface area contributed by atoms with Gasteiger partial charge in [-0.25, -0.2) is 4.57 Å². The lowest BCUT2D eigenvalue weighted by atomic mass is 10.9. The van der Waals surface area contributed by atoms with E-state index in [0.29, 0.717) is 0 Å². The predicted molar refractivity (Wildman–Crippen MR) is 24.1 cm³/mol. The number of halogens is 2. The molecule has 0 aliphatic rings. The number of hydrogen-bond acceptors (Lipinski definition) is 1. The van der Waals surface area contributed by atoms with Gasteiger partial charge in [0, 0.05) is 6.92 Å². The van der Waals surface area contributed by atoms with E-state index in [9.17, 15) is 13.3 Å². The Bertz CT molecular complexity index is 122. The van der Waals surface area contributed by atoms with Crippen LogP contribution in [0.15, 0.2) is 0 Å². The fourth-order valence-corrected chi connectivity index (χ4v) is 0. The minimum absolute atomic E-state index is 0.237. The highest BCUT2D eigenvalue weighted by Crippen LogP contribution is 2.52. The summed E-state index contributed by atoms with van der Waals surface area (Å²) in [5.41, 5.74) is -3.78. The van der Waals surface area contributed by atoms with Crippen LogP contribution in [-0.4, -0.2) is 15.5 Å². The van der Waals surface area contributed by atoms with Gasteiger partial charge in [0.25, 0.3) is 0 Å². The molecule has 0 spiro atoms. The maximum Gasteiger partial charge on any atom is 0.539 e. The summed E-state index contributed by atoms with van der Waals surface area (Å²) in [7, 11) is -4.93. The van der Waals surface area contributed by atoms with Crippen molar-refractivity contribution in [2.75, 3.05) is 0 Å². The zero-order valence-electron chi connectivity index (χ0n) is 4.06. The molecule has 0 saturated heterocycles. The number of hydrogen-bond donors (Lipinski definition) is 1.